The van der Waals surface area contributed by atoms with Crippen LogP contribution in [0.3, 0.4) is 0 Å². The van der Waals surface area contributed by atoms with Gasteiger partial charge in [-0.3, -0.25) is 0 Å². The highest BCUT2D eigenvalue weighted by Crippen LogP contribution is 2.21. The zero-order valence-electron chi connectivity index (χ0n) is 10.8. The summed E-state index contributed by atoms with van der Waals surface area (Å²) in [6, 6.07) is 3.17. The number of thiophene rings is 1. The van der Waals surface area contributed by atoms with E-state index in [1.165, 1.54) is 6.07 Å². The van der Waals surface area contributed by atoms with E-state index in [1.807, 2.05) is 0 Å². The van der Waals surface area contributed by atoms with E-state index in [0.29, 0.717) is 17.3 Å². The first-order chi connectivity index (χ1) is 8.45. The van der Waals surface area contributed by atoms with Gasteiger partial charge in [0, 0.05) is 11.4 Å². The topological polar surface area (TPSA) is 66.4 Å². The molecule has 0 saturated heterocycles. The van der Waals surface area contributed by atoms with Gasteiger partial charge in [0.15, 0.2) is 0 Å². The van der Waals surface area contributed by atoms with Crippen molar-refractivity contribution in [3.63, 3.8) is 0 Å². The van der Waals surface area contributed by atoms with Gasteiger partial charge in [0.2, 0.25) is 10.0 Å². The van der Waals surface area contributed by atoms with Crippen LogP contribution in [-0.4, -0.2) is 20.1 Å². The van der Waals surface area contributed by atoms with Gasteiger partial charge >= 0.3 is 0 Å². The lowest BCUT2D eigenvalue weighted by atomic mass is 10.1. The van der Waals surface area contributed by atoms with Crippen molar-refractivity contribution in [2.75, 3.05) is 6.54 Å². The first-order valence-corrected chi connectivity index (χ1v) is 8.45. The van der Waals surface area contributed by atoms with E-state index in [1.54, 1.807) is 6.07 Å². The second kappa shape index (κ2) is 7.23. The number of nitrogens with one attached hydrogen (secondary N) is 1. The Morgan fingerprint density at radius 1 is 1.33 bits per heavy atom. The third kappa shape index (κ3) is 5.06. The van der Waals surface area contributed by atoms with Gasteiger partial charge in [-0.2, -0.15) is 0 Å². The summed E-state index contributed by atoms with van der Waals surface area (Å²) >= 11 is 1.11. The van der Waals surface area contributed by atoms with Crippen molar-refractivity contribution in [1.82, 2.24) is 4.72 Å². The van der Waals surface area contributed by atoms with E-state index in [0.717, 1.165) is 30.6 Å². The van der Waals surface area contributed by atoms with Gasteiger partial charge in [0.1, 0.15) is 4.21 Å². The molecular weight excluding hydrogens is 270 g/mol. The first-order valence-electron chi connectivity index (χ1n) is 6.15. The predicted molar refractivity (Wildman–Crippen MR) is 74.1 cm³/mol. The Kier molecular flexibility index (Phi) is 6.28. The Bertz CT molecular complexity index is 452. The smallest absolute Gasteiger partial charge is 0.250 e. The quantitative estimate of drug-likeness (QED) is 0.723. The number of rotatable bonds is 8. The first kappa shape index (κ1) is 15.6. The number of aliphatic hydroxyl groups excluding tert-OH is 1. The summed E-state index contributed by atoms with van der Waals surface area (Å²) in [7, 11) is -3.39. The van der Waals surface area contributed by atoms with Crippen molar-refractivity contribution in [1.29, 1.82) is 0 Å². The lowest BCUT2D eigenvalue weighted by Crippen LogP contribution is -2.24. The van der Waals surface area contributed by atoms with E-state index >= 15 is 0 Å². The molecule has 0 unspecified atom stereocenters. The summed E-state index contributed by atoms with van der Waals surface area (Å²) in [6.07, 6.45) is 3.01. The molecule has 0 aliphatic heterocycles. The van der Waals surface area contributed by atoms with Crippen molar-refractivity contribution in [2.24, 2.45) is 5.92 Å². The molecule has 104 valence electrons. The molecule has 0 atom stereocenters. The van der Waals surface area contributed by atoms with E-state index in [2.05, 4.69) is 18.6 Å². The minimum absolute atomic E-state index is 0.116. The molecule has 0 fully saturated rings. The molecule has 1 rings (SSSR count). The van der Waals surface area contributed by atoms with Crippen LogP contribution >= 0.6 is 11.3 Å². The lowest BCUT2D eigenvalue weighted by Gasteiger charge is -2.06. The third-order valence-electron chi connectivity index (χ3n) is 2.56. The minimum Gasteiger partial charge on any atom is -0.391 e. The van der Waals surface area contributed by atoms with E-state index in [-0.39, 0.29) is 10.8 Å². The van der Waals surface area contributed by atoms with Gasteiger partial charge in [-0.1, -0.05) is 26.7 Å². The van der Waals surface area contributed by atoms with E-state index < -0.39 is 10.0 Å². The summed E-state index contributed by atoms with van der Waals surface area (Å²) in [5, 5.41) is 8.91. The molecule has 0 radical (unpaired) electrons. The molecule has 0 amide bonds. The molecule has 2 N–H and O–H groups in total. The largest absolute Gasteiger partial charge is 0.391 e. The van der Waals surface area contributed by atoms with Crippen LogP contribution < -0.4 is 4.72 Å². The van der Waals surface area contributed by atoms with Gasteiger partial charge in [0.25, 0.3) is 0 Å². The Morgan fingerprint density at radius 3 is 2.61 bits per heavy atom. The van der Waals surface area contributed by atoms with Crippen LogP contribution in [0, 0.1) is 5.92 Å². The van der Waals surface area contributed by atoms with Crippen LogP contribution in [0.4, 0.5) is 0 Å². The fourth-order valence-corrected chi connectivity index (χ4v) is 3.88. The van der Waals surface area contributed by atoms with Crippen LogP contribution in [0.25, 0.3) is 0 Å². The van der Waals surface area contributed by atoms with Gasteiger partial charge in [-0.25, -0.2) is 13.1 Å². The monoisotopic (exact) mass is 291 g/mol. The maximum absolute atomic E-state index is 11.9. The molecule has 1 aromatic heterocycles. The van der Waals surface area contributed by atoms with Crippen molar-refractivity contribution >= 4 is 21.4 Å². The zero-order valence-corrected chi connectivity index (χ0v) is 12.5. The highest BCUT2D eigenvalue weighted by Gasteiger charge is 2.15. The molecule has 4 nitrogen and oxygen atoms in total. The number of hydrogen-bond donors (Lipinski definition) is 2. The molecule has 0 spiro atoms. The minimum atomic E-state index is -3.39. The third-order valence-corrected chi connectivity index (χ3v) is 5.58. The lowest BCUT2D eigenvalue weighted by molar-refractivity contribution is 0.285. The summed E-state index contributed by atoms with van der Waals surface area (Å²) in [5.74, 6) is 0.658. The standard InChI is InChI=1S/C12H21NO3S2/c1-10(2)5-3-4-8-13-18(15,16)12-7-6-11(9-14)17-12/h6-7,10,13-14H,3-5,8-9H2,1-2H3. The molecule has 1 heterocycles. The summed E-state index contributed by atoms with van der Waals surface area (Å²) in [5.41, 5.74) is 0. The fraction of sp³-hybridized carbons (Fsp3) is 0.667. The highest BCUT2D eigenvalue weighted by atomic mass is 32.2. The SMILES string of the molecule is CC(C)CCCCNS(=O)(=O)c1ccc(CO)s1. The summed E-state index contributed by atoms with van der Waals surface area (Å²) in [6.45, 7) is 4.68. The molecule has 0 saturated carbocycles. The van der Waals surface area contributed by atoms with Crippen LogP contribution in [0.5, 0.6) is 0 Å². The zero-order chi connectivity index (χ0) is 13.6. The molecule has 6 heteroatoms. The average molecular weight is 291 g/mol. The molecule has 0 aliphatic rings. The van der Waals surface area contributed by atoms with Crippen molar-refractivity contribution < 1.29 is 13.5 Å². The number of unbranched alkanes of at least 4 members (excludes halogenated alkanes) is 1. The predicted octanol–water partition coefficient (Wildman–Crippen LogP) is 2.35. The Hall–Kier alpha value is -0.430. The van der Waals surface area contributed by atoms with Crippen LogP contribution in [0.15, 0.2) is 16.3 Å². The average Bonchev–Trinajstić information content (AvgIpc) is 2.77. The second-order valence-electron chi connectivity index (χ2n) is 4.67. The van der Waals surface area contributed by atoms with Gasteiger partial charge < -0.3 is 5.11 Å². The second-order valence-corrected chi connectivity index (χ2v) is 7.83. The van der Waals surface area contributed by atoms with Crippen molar-refractivity contribution in [3.05, 3.63) is 17.0 Å². The van der Waals surface area contributed by atoms with Gasteiger partial charge in [-0.15, -0.1) is 11.3 Å². The molecule has 0 bridgehead atoms. The normalized spacial score (nSPS) is 12.2. The Balaban J connectivity index is 2.40. The van der Waals surface area contributed by atoms with Gasteiger partial charge in [0.05, 0.1) is 6.61 Å². The fourth-order valence-electron chi connectivity index (χ4n) is 1.54. The molecule has 18 heavy (non-hydrogen) atoms. The van der Waals surface area contributed by atoms with Crippen LogP contribution in [0.1, 0.15) is 38.0 Å². The maximum atomic E-state index is 11.9. The summed E-state index contributed by atoms with van der Waals surface area (Å²) in [4.78, 5) is 0.662. The molecule has 0 aromatic carbocycles. The maximum Gasteiger partial charge on any atom is 0.250 e. The number of aliphatic hydroxyl groups is 1. The molecule has 0 aliphatic carbocycles. The summed E-state index contributed by atoms with van der Waals surface area (Å²) < 4.78 is 26.6. The van der Waals surface area contributed by atoms with Crippen LogP contribution in [0.2, 0.25) is 0 Å². The number of sulfonamides is 1. The molecular formula is C12H21NO3S2. The van der Waals surface area contributed by atoms with Crippen molar-refractivity contribution in [2.45, 2.75) is 43.9 Å². The van der Waals surface area contributed by atoms with E-state index in [4.69, 9.17) is 5.11 Å². The van der Waals surface area contributed by atoms with Crippen molar-refractivity contribution in [3.8, 4) is 0 Å². The van der Waals surface area contributed by atoms with E-state index in [9.17, 15) is 8.42 Å². The highest BCUT2D eigenvalue weighted by molar-refractivity contribution is 7.91. The van der Waals surface area contributed by atoms with Gasteiger partial charge in [-0.05, 0) is 24.5 Å². The Labute approximate surface area is 113 Å². The Morgan fingerprint density at radius 2 is 2.06 bits per heavy atom. The molecule has 1 aromatic rings. The number of hydrogen-bond acceptors (Lipinski definition) is 4. The van der Waals surface area contributed by atoms with Crippen LogP contribution in [-0.2, 0) is 16.6 Å².